The van der Waals surface area contributed by atoms with E-state index in [1.807, 2.05) is 25.0 Å². The molecule has 0 unspecified atom stereocenters. The number of methoxy groups -OCH3 is 1. The average Bonchev–Trinajstić information content (AvgIpc) is 2.06. The third-order valence-corrected chi connectivity index (χ3v) is 1.62. The van der Waals surface area contributed by atoms with Crippen molar-refractivity contribution in [1.82, 2.24) is 0 Å². The Bertz CT molecular complexity index is 223. The summed E-state index contributed by atoms with van der Waals surface area (Å²) >= 11 is 0. The van der Waals surface area contributed by atoms with Gasteiger partial charge in [-0.15, -0.1) is 0 Å². The molecule has 0 fully saturated rings. The third kappa shape index (κ3) is 2.00. The smallest absolute Gasteiger partial charge is 0.121 e. The minimum absolute atomic E-state index is 0.976. The zero-order chi connectivity index (χ0) is 8.10. The van der Waals surface area contributed by atoms with Crippen LogP contribution in [-0.4, -0.2) is 14.4 Å². The fourth-order valence-corrected chi connectivity index (χ4v) is 1.09. The van der Waals surface area contributed by atoms with Crippen LogP contribution in [0.5, 0.6) is 5.75 Å². The second-order valence-electron chi connectivity index (χ2n) is 2.42. The minimum Gasteiger partial charge on any atom is -0.497 e. The van der Waals surface area contributed by atoms with Crippen LogP contribution in [0.4, 0.5) is 0 Å². The number of hydrogen-bond acceptors (Lipinski definition) is 1. The van der Waals surface area contributed by atoms with Crippen molar-refractivity contribution in [3.05, 3.63) is 29.8 Å². The molecule has 0 aliphatic rings. The van der Waals surface area contributed by atoms with E-state index in [9.17, 15) is 0 Å². The molecule has 1 radical (unpaired) electrons. The highest BCUT2D eigenvalue weighted by molar-refractivity contribution is 6.33. The number of para-hydroxylation sites is 1. The summed E-state index contributed by atoms with van der Waals surface area (Å²) in [5, 5.41) is 0. The van der Waals surface area contributed by atoms with Crippen molar-refractivity contribution in [3.8, 4) is 5.75 Å². The summed E-state index contributed by atoms with van der Waals surface area (Å²) in [5.41, 5.74) is 1.25. The van der Waals surface area contributed by atoms with Crippen LogP contribution in [-0.2, 0) is 6.32 Å². The molecule has 2 heteroatoms. The molecular formula is C9H12BO. The van der Waals surface area contributed by atoms with Crippen molar-refractivity contribution in [2.75, 3.05) is 7.11 Å². The molecule has 0 aliphatic carbocycles. The monoisotopic (exact) mass is 147 g/mol. The van der Waals surface area contributed by atoms with Gasteiger partial charge in [0.25, 0.3) is 0 Å². The van der Waals surface area contributed by atoms with Gasteiger partial charge in [-0.05, 0) is 11.6 Å². The van der Waals surface area contributed by atoms with Gasteiger partial charge in [-0.1, -0.05) is 31.3 Å². The van der Waals surface area contributed by atoms with Crippen LogP contribution in [0.3, 0.4) is 0 Å². The second-order valence-corrected chi connectivity index (χ2v) is 2.42. The van der Waals surface area contributed by atoms with E-state index in [-0.39, 0.29) is 0 Å². The Morgan fingerprint density at radius 2 is 2.09 bits per heavy atom. The molecule has 0 heterocycles. The van der Waals surface area contributed by atoms with Crippen molar-refractivity contribution in [2.45, 2.75) is 13.1 Å². The molecule has 1 rings (SSSR count). The highest BCUT2D eigenvalue weighted by Crippen LogP contribution is 2.16. The molecule has 11 heavy (non-hydrogen) atoms. The molecule has 0 aromatic heterocycles. The number of ether oxygens (including phenoxy) is 1. The first-order valence-electron chi connectivity index (χ1n) is 3.78. The average molecular weight is 147 g/mol. The lowest BCUT2D eigenvalue weighted by Gasteiger charge is -2.05. The maximum absolute atomic E-state index is 5.18. The third-order valence-electron chi connectivity index (χ3n) is 1.62. The van der Waals surface area contributed by atoms with Gasteiger partial charge >= 0.3 is 0 Å². The molecule has 1 aromatic rings. The largest absolute Gasteiger partial charge is 0.497 e. The van der Waals surface area contributed by atoms with E-state index in [1.54, 1.807) is 7.11 Å². The topological polar surface area (TPSA) is 9.23 Å². The Morgan fingerprint density at radius 3 is 2.73 bits per heavy atom. The molecule has 0 spiro atoms. The molecule has 0 saturated heterocycles. The molecule has 1 nitrogen and oxygen atoms in total. The Balaban J connectivity index is 2.83. The van der Waals surface area contributed by atoms with Crippen LogP contribution < -0.4 is 4.74 Å². The van der Waals surface area contributed by atoms with E-state index in [0.29, 0.717) is 0 Å². The van der Waals surface area contributed by atoms with Crippen LogP contribution in [0.2, 0.25) is 6.82 Å². The summed E-state index contributed by atoms with van der Waals surface area (Å²) in [6.07, 6.45) is 0.976. The van der Waals surface area contributed by atoms with Crippen molar-refractivity contribution >= 4 is 7.28 Å². The van der Waals surface area contributed by atoms with Gasteiger partial charge in [0, 0.05) is 0 Å². The maximum atomic E-state index is 5.18. The molecule has 57 valence electrons. The summed E-state index contributed by atoms with van der Waals surface area (Å²) in [4.78, 5) is 0. The van der Waals surface area contributed by atoms with Crippen molar-refractivity contribution < 1.29 is 4.74 Å². The normalized spacial score (nSPS) is 9.27. The fraction of sp³-hybridized carbons (Fsp3) is 0.333. The second kappa shape index (κ2) is 4.07. The molecule has 0 N–H and O–H groups in total. The van der Waals surface area contributed by atoms with Gasteiger partial charge in [-0.3, -0.25) is 0 Å². The lowest BCUT2D eigenvalue weighted by atomic mass is 9.75. The zero-order valence-corrected chi connectivity index (χ0v) is 7.00. The van der Waals surface area contributed by atoms with Gasteiger partial charge < -0.3 is 4.74 Å². The summed E-state index contributed by atoms with van der Waals surface area (Å²) in [6.45, 7) is 2.05. The Kier molecular flexibility index (Phi) is 3.03. The number of hydrogen-bond donors (Lipinski definition) is 0. The van der Waals surface area contributed by atoms with E-state index in [4.69, 9.17) is 4.74 Å². The molecule has 0 bridgehead atoms. The molecular weight excluding hydrogens is 135 g/mol. The van der Waals surface area contributed by atoms with Crippen LogP contribution in [0.15, 0.2) is 24.3 Å². The van der Waals surface area contributed by atoms with Gasteiger partial charge in [-0.2, -0.15) is 0 Å². The Hall–Kier alpha value is -0.915. The van der Waals surface area contributed by atoms with Crippen molar-refractivity contribution in [2.24, 2.45) is 0 Å². The van der Waals surface area contributed by atoms with Crippen LogP contribution in [0.25, 0.3) is 0 Å². The lowest BCUT2D eigenvalue weighted by Crippen LogP contribution is -1.95. The van der Waals surface area contributed by atoms with Crippen LogP contribution in [0, 0.1) is 0 Å². The summed E-state index contributed by atoms with van der Waals surface area (Å²) in [7, 11) is 3.83. The predicted molar refractivity (Wildman–Crippen MR) is 48.3 cm³/mol. The minimum atomic E-state index is 0.976. The first kappa shape index (κ1) is 8.18. The first-order chi connectivity index (χ1) is 5.38. The maximum Gasteiger partial charge on any atom is 0.121 e. The lowest BCUT2D eigenvalue weighted by molar-refractivity contribution is 0.411. The molecule has 1 aromatic carbocycles. The Labute approximate surface area is 68.6 Å². The molecule has 0 saturated carbocycles. The molecule has 0 amide bonds. The quantitative estimate of drug-likeness (QED) is 0.593. The van der Waals surface area contributed by atoms with Gasteiger partial charge in [0.1, 0.15) is 13.0 Å². The van der Waals surface area contributed by atoms with Crippen LogP contribution in [0.1, 0.15) is 5.56 Å². The number of rotatable bonds is 3. The van der Waals surface area contributed by atoms with E-state index >= 15 is 0 Å². The van der Waals surface area contributed by atoms with E-state index < -0.39 is 0 Å². The van der Waals surface area contributed by atoms with Crippen LogP contribution >= 0.6 is 0 Å². The summed E-state index contributed by atoms with van der Waals surface area (Å²) < 4.78 is 5.18. The standard InChI is InChI=1S/C9H12BO/c1-10-7-8-5-3-4-6-9(8)11-2/h3-6H,7H2,1-2H3. The van der Waals surface area contributed by atoms with Gasteiger partial charge in [0.15, 0.2) is 0 Å². The number of benzene rings is 1. The SMILES string of the molecule is C[B]Cc1ccccc1OC. The first-order valence-corrected chi connectivity index (χ1v) is 3.78. The fourth-order valence-electron chi connectivity index (χ4n) is 1.09. The highest BCUT2D eigenvalue weighted by Gasteiger charge is 1.98. The van der Waals surface area contributed by atoms with Gasteiger partial charge in [0.2, 0.25) is 0 Å². The van der Waals surface area contributed by atoms with Gasteiger partial charge in [0.05, 0.1) is 7.11 Å². The highest BCUT2D eigenvalue weighted by atomic mass is 16.5. The van der Waals surface area contributed by atoms with E-state index in [0.717, 1.165) is 12.1 Å². The summed E-state index contributed by atoms with van der Waals surface area (Å²) in [6, 6.07) is 8.08. The van der Waals surface area contributed by atoms with Gasteiger partial charge in [-0.25, -0.2) is 0 Å². The summed E-state index contributed by atoms with van der Waals surface area (Å²) in [5.74, 6) is 0.977. The van der Waals surface area contributed by atoms with Crippen molar-refractivity contribution in [3.63, 3.8) is 0 Å². The molecule has 0 aliphatic heterocycles. The Morgan fingerprint density at radius 1 is 1.36 bits per heavy atom. The van der Waals surface area contributed by atoms with E-state index in [1.165, 1.54) is 5.56 Å². The molecule has 0 atom stereocenters. The van der Waals surface area contributed by atoms with Crippen molar-refractivity contribution in [1.29, 1.82) is 0 Å². The predicted octanol–water partition coefficient (Wildman–Crippen LogP) is 1.95. The zero-order valence-electron chi connectivity index (χ0n) is 7.00. The van der Waals surface area contributed by atoms with E-state index in [2.05, 4.69) is 13.3 Å².